The van der Waals surface area contributed by atoms with Crippen LogP contribution in [0.25, 0.3) is 11.1 Å². The molecule has 0 aromatic heterocycles. The Bertz CT molecular complexity index is 850. The molecule has 0 spiro atoms. The molecule has 24 heavy (non-hydrogen) atoms. The fourth-order valence-corrected chi connectivity index (χ4v) is 5.09. The first-order valence-electron chi connectivity index (χ1n) is 7.81. The number of nitrogens with one attached hydrogen (secondary N) is 2. The van der Waals surface area contributed by atoms with Crippen LogP contribution in [0.4, 0.5) is 10.5 Å². The lowest BCUT2D eigenvalue weighted by atomic mass is 10.0. The van der Waals surface area contributed by atoms with Gasteiger partial charge in [0.05, 0.1) is 22.7 Å². The zero-order valence-electron chi connectivity index (χ0n) is 13.5. The van der Waals surface area contributed by atoms with Gasteiger partial charge >= 0.3 is 6.03 Å². The average Bonchev–Trinajstić information content (AvgIpc) is 2.81. The molecule has 5 nitrogen and oxygen atoms in total. The first-order chi connectivity index (χ1) is 11.4. The molecule has 1 atom stereocenters. The van der Waals surface area contributed by atoms with Gasteiger partial charge in [0, 0.05) is 5.56 Å². The van der Waals surface area contributed by atoms with Gasteiger partial charge in [0.1, 0.15) is 0 Å². The highest BCUT2D eigenvalue weighted by Crippen LogP contribution is 2.28. The summed E-state index contributed by atoms with van der Waals surface area (Å²) in [4.78, 5) is 12.4. The number of anilines is 1. The standard InChI is InChI=1S/C18H20N2O3S/c1-18(11-12-24(22,23)13-18)20-17(21)19-16-10-6-5-9-15(16)14-7-3-2-4-8-14/h2-10H,11-13H2,1H3,(H2,19,20,21). The van der Waals surface area contributed by atoms with Crippen molar-refractivity contribution in [3.05, 3.63) is 54.6 Å². The molecule has 2 aromatic carbocycles. The summed E-state index contributed by atoms with van der Waals surface area (Å²) < 4.78 is 23.3. The van der Waals surface area contributed by atoms with Gasteiger partial charge in [-0.1, -0.05) is 48.5 Å². The van der Waals surface area contributed by atoms with Gasteiger partial charge in [0.15, 0.2) is 9.84 Å². The number of sulfone groups is 1. The smallest absolute Gasteiger partial charge is 0.319 e. The summed E-state index contributed by atoms with van der Waals surface area (Å²) in [7, 11) is -3.07. The molecule has 2 N–H and O–H groups in total. The molecule has 0 saturated carbocycles. The highest BCUT2D eigenvalue weighted by molar-refractivity contribution is 7.91. The Hall–Kier alpha value is -2.34. The lowest BCUT2D eigenvalue weighted by molar-refractivity contribution is 0.242. The number of rotatable bonds is 3. The molecule has 6 heteroatoms. The van der Waals surface area contributed by atoms with Crippen LogP contribution in [0.5, 0.6) is 0 Å². The predicted octanol–water partition coefficient (Wildman–Crippen LogP) is 3.05. The van der Waals surface area contributed by atoms with E-state index in [2.05, 4.69) is 10.6 Å². The van der Waals surface area contributed by atoms with E-state index in [1.165, 1.54) is 0 Å². The first kappa shape index (κ1) is 16.5. The van der Waals surface area contributed by atoms with E-state index in [0.717, 1.165) is 11.1 Å². The van der Waals surface area contributed by atoms with E-state index < -0.39 is 21.4 Å². The van der Waals surface area contributed by atoms with E-state index in [0.29, 0.717) is 12.1 Å². The number of para-hydroxylation sites is 1. The van der Waals surface area contributed by atoms with Crippen molar-refractivity contribution >= 4 is 21.6 Å². The average molecular weight is 344 g/mol. The van der Waals surface area contributed by atoms with Crippen LogP contribution in [0.15, 0.2) is 54.6 Å². The van der Waals surface area contributed by atoms with Gasteiger partial charge < -0.3 is 10.6 Å². The van der Waals surface area contributed by atoms with E-state index in [4.69, 9.17) is 0 Å². The summed E-state index contributed by atoms with van der Waals surface area (Å²) in [5.74, 6) is 0.0954. The van der Waals surface area contributed by atoms with Crippen LogP contribution in [0.1, 0.15) is 13.3 Å². The van der Waals surface area contributed by atoms with Crippen molar-refractivity contribution in [2.24, 2.45) is 0 Å². The Morgan fingerprint density at radius 1 is 1.04 bits per heavy atom. The van der Waals surface area contributed by atoms with Gasteiger partial charge in [-0.3, -0.25) is 0 Å². The number of amides is 2. The SMILES string of the molecule is CC1(NC(=O)Nc2ccccc2-c2ccccc2)CCS(=O)(=O)C1. The molecule has 1 heterocycles. The molecular formula is C18H20N2O3S. The largest absolute Gasteiger partial charge is 0.332 e. The molecule has 1 fully saturated rings. The molecule has 3 rings (SSSR count). The van der Waals surface area contributed by atoms with E-state index in [1.807, 2.05) is 54.6 Å². The zero-order chi connectivity index (χ0) is 17.2. The molecule has 0 aliphatic carbocycles. The number of hydrogen-bond acceptors (Lipinski definition) is 3. The third-order valence-corrected chi connectivity index (χ3v) is 6.08. The van der Waals surface area contributed by atoms with Gasteiger partial charge in [-0.2, -0.15) is 0 Å². The summed E-state index contributed by atoms with van der Waals surface area (Å²) in [6.07, 6.45) is 0.434. The monoisotopic (exact) mass is 344 g/mol. The molecular weight excluding hydrogens is 324 g/mol. The van der Waals surface area contributed by atoms with Crippen LogP contribution in [-0.4, -0.2) is 31.5 Å². The number of carbonyl (C=O) groups is 1. The van der Waals surface area contributed by atoms with E-state index in [-0.39, 0.29) is 11.5 Å². The molecule has 2 aromatic rings. The van der Waals surface area contributed by atoms with E-state index in [1.54, 1.807) is 6.92 Å². The second kappa shape index (κ2) is 6.28. The lowest BCUT2D eigenvalue weighted by Crippen LogP contribution is -2.48. The van der Waals surface area contributed by atoms with Crippen LogP contribution in [0, 0.1) is 0 Å². The highest BCUT2D eigenvalue weighted by atomic mass is 32.2. The van der Waals surface area contributed by atoms with Crippen molar-refractivity contribution in [1.82, 2.24) is 5.32 Å². The molecule has 1 saturated heterocycles. The first-order valence-corrected chi connectivity index (χ1v) is 9.63. The number of hydrogen-bond donors (Lipinski definition) is 2. The highest BCUT2D eigenvalue weighted by Gasteiger charge is 2.39. The minimum absolute atomic E-state index is 0.0201. The van der Waals surface area contributed by atoms with Gasteiger partial charge in [0.2, 0.25) is 0 Å². The van der Waals surface area contributed by atoms with Crippen molar-refractivity contribution in [3.8, 4) is 11.1 Å². The Labute approximate surface area is 142 Å². The van der Waals surface area contributed by atoms with Crippen molar-refractivity contribution in [1.29, 1.82) is 0 Å². The molecule has 0 radical (unpaired) electrons. The molecule has 0 bridgehead atoms. The van der Waals surface area contributed by atoms with Crippen LogP contribution in [0.2, 0.25) is 0 Å². The molecule has 2 amide bonds. The van der Waals surface area contributed by atoms with Crippen LogP contribution in [0.3, 0.4) is 0 Å². The van der Waals surface area contributed by atoms with Crippen LogP contribution in [-0.2, 0) is 9.84 Å². The summed E-state index contributed by atoms with van der Waals surface area (Å²) in [6.45, 7) is 1.76. The van der Waals surface area contributed by atoms with Gasteiger partial charge in [-0.05, 0) is 25.0 Å². The summed E-state index contributed by atoms with van der Waals surface area (Å²) in [5, 5.41) is 5.65. The minimum atomic E-state index is -3.07. The van der Waals surface area contributed by atoms with Gasteiger partial charge in [0.25, 0.3) is 0 Å². The zero-order valence-corrected chi connectivity index (χ0v) is 14.3. The molecule has 1 unspecified atom stereocenters. The molecule has 1 aliphatic heterocycles. The quantitative estimate of drug-likeness (QED) is 0.898. The molecule has 1 aliphatic rings. The number of benzene rings is 2. The van der Waals surface area contributed by atoms with Gasteiger partial charge in [-0.25, -0.2) is 13.2 Å². The van der Waals surface area contributed by atoms with Crippen LogP contribution >= 0.6 is 0 Å². The second-order valence-corrected chi connectivity index (χ2v) is 8.58. The van der Waals surface area contributed by atoms with Crippen molar-refractivity contribution < 1.29 is 13.2 Å². The summed E-state index contributed by atoms with van der Waals surface area (Å²) in [6, 6.07) is 16.9. The maximum atomic E-state index is 12.4. The fraction of sp³-hybridized carbons (Fsp3) is 0.278. The van der Waals surface area contributed by atoms with Gasteiger partial charge in [-0.15, -0.1) is 0 Å². The van der Waals surface area contributed by atoms with Crippen molar-refractivity contribution in [2.75, 3.05) is 16.8 Å². The summed E-state index contributed by atoms with van der Waals surface area (Å²) >= 11 is 0. The summed E-state index contributed by atoms with van der Waals surface area (Å²) in [5.41, 5.74) is 1.89. The minimum Gasteiger partial charge on any atom is -0.332 e. The number of urea groups is 1. The topological polar surface area (TPSA) is 75.3 Å². The predicted molar refractivity (Wildman–Crippen MR) is 95.7 cm³/mol. The van der Waals surface area contributed by atoms with Crippen molar-refractivity contribution in [3.63, 3.8) is 0 Å². The van der Waals surface area contributed by atoms with E-state index in [9.17, 15) is 13.2 Å². The maximum absolute atomic E-state index is 12.4. The Morgan fingerprint density at radius 2 is 1.71 bits per heavy atom. The number of carbonyl (C=O) groups excluding carboxylic acids is 1. The van der Waals surface area contributed by atoms with Crippen molar-refractivity contribution in [2.45, 2.75) is 18.9 Å². The third-order valence-electron chi connectivity index (χ3n) is 4.18. The lowest BCUT2D eigenvalue weighted by Gasteiger charge is -2.24. The Kier molecular flexibility index (Phi) is 4.32. The van der Waals surface area contributed by atoms with Crippen LogP contribution < -0.4 is 10.6 Å². The molecule has 126 valence electrons. The van der Waals surface area contributed by atoms with E-state index >= 15 is 0 Å². The Balaban J connectivity index is 1.76. The second-order valence-electron chi connectivity index (χ2n) is 6.39. The maximum Gasteiger partial charge on any atom is 0.319 e. The Morgan fingerprint density at radius 3 is 2.38 bits per heavy atom. The normalized spacial score (nSPS) is 22.0. The third kappa shape index (κ3) is 3.76. The fourth-order valence-electron chi connectivity index (χ4n) is 3.00.